The molecule has 2 rings (SSSR count). The molecule has 0 fully saturated rings. The number of methoxy groups -OCH3 is 1. The zero-order valence-corrected chi connectivity index (χ0v) is 18.4. The van der Waals surface area contributed by atoms with Crippen molar-refractivity contribution in [3.05, 3.63) is 36.5 Å². The molecule has 1 aromatic carbocycles. The third-order valence-electron chi connectivity index (χ3n) is 3.73. The van der Waals surface area contributed by atoms with Gasteiger partial charge in [0, 0.05) is 15.6 Å². The van der Waals surface area contributed by atoms with E-state index < -0.39 is 11.5 Å². The van der Waals surface area contributed by atoms with Crippen molar-refractivity contribution in [1.82, 2.24) is 4.98 Å². The molecular formula is C18H14Br2N4O5. The van der Waals surface area contributed by atoms with Crippen molar-refractivity contribution < 1.29 is 19.0 Å². The van der Waals surface area contributed by atoms with Gasteiger partial charge in [0.05, 0.1) is 18.2 Å². The molecule has 0 spiro atoms. The van der Waals surface area contributed by atoms with Crippen molar-refractivity contribution in [3.8, 4) is 34.8 Å². The minimum absolute atomic E-state index is 0.0456. The van der Waals surface area contributed by atoms with Gasteiger partial charge in [0.1, 0.15) is 29.1 Å². The molecule has 9 nitrogen and oxygen atoms in total. The summed E-state index contributed by atoms with van der Waals surface area (Å²) in [6.45, 7) is 1.63. The van der Waals surface area contributed by atoms with E-state index in [2.05, 4.69) is 41.6 Å². The number of rotatable bonds is 6. The normalized spacial score (nSPS) is 10.0. The third kappa shape index (κ3) is 4.36. The van der Waals surface area contributed by atoms with E-state index in [1.807, 2.05) is 6.07 Å². The number of hydrogen-bond acceptors (Lipinski definition) is 8. The smallest absolute Gasteiger partial charge is 0.343 e. The fraction of sp³-hybridized carbons (Fsp3) is 0.222. The number of aromatic amines is 1. The van der Waals surface area contributed by atoms with Crippen LogP contribution >= 0.6 is 31.9 Å². The van der Waals surface area contributed by atoms with Gasteiger partial charge in [0.25, 0.3) is 5.56 Å². The van der Waals surface area contributed by atoms with Crippen LogP contribution in [0.2, 0.25) is 0 Å². The summed E-state index contributed by atoms with van der Waals surface area (Å²) >= 11 is 6.75. The Hall–Kier alpha value is -3.02. The number of carbonyl (C=O) groups excluding carboxylic acids is 1. The molecule has 0 aliphatic carbocycles. The number of nitriles is 2. The monoisotopic (exact) mass is 524 g/mol. The van der Waals surface area contributed by atoms with Crippen LogP contribution in [0.1, 0.15) is 18.1 Å². The van der Waals surface area contributed by atoms with E-state index in [0.717, 1.165) is 0 Å². The maximum Gasteiger partial charge on any atom is 0.343 e. The SMILES string of the molecule is CCOc1cc(-c2c(C#N)c(N)[nH]c(=O)c2C#N)c(Br)c(Br)c1OCC(=O)OC. The molecule has 11 heteroatoms. The van der Waals surface area contributed by atoms with Crippen molar-refractivity contribution in [1.29, 1.82) is 10.5 Å². The van der Waals surface area contributed by atoms with E-state index >= 15 is 0 Å². The molecule has 0 unspecified atom stereocenters. The molecule has 150 valence electrons. The topological polar surface area (TPSA) is 151 Å². The molecule has 29 heavy (non-hydrogen) atoms. The Labute approximate surface area is 182 Å². The van der Waals surface area contributed by atoms with Crippen molar-refractivity contribution in [2.24, 2.45) is 0 Å². The largest absolute Gasteiger partial charge is 0.490 e. The molecule has 1 heterocycles. The molecule has 2 aromatic rings. The predicted molar refractivity (Wildman–Crippen MR) is 110 cm³/mol. The lowest BCUT2D eigenvalue weighted by Gasteiger charge is -2.18. The van der Waals surface area contributed by atoms with Gasteiger partial charge in [-0.05, 0) is 44.8 Å². The molecule has 0 saturated carbocycles. The van der Waals surface area contributed by atoms with E-state index in [9.17, 15) is 20.1 Å². The molecule has 0 saturated heterocycles. The average molecular weight is 526 g/mol. The van der Waals surface area contributed by atoms with E-state index in [1.165, 1.54) is 13.2 Å². The van der Waals surface area contributed by atoms with Gasteiger partial charge >= 0.3 is 5.97 Å². The molecule has 0 radical (unpaired) electrons. The van der Waals surface area contributed by atoms with Crippen LogP contribution in [-0.4, -0.2) is 31.3 Å². The van der Waals surface area contributed by atoms with E-state index in [1.54, 1.807) is 13.0 Å². The van der Waals surface area contributed by atoms with Crippen molar-refractivity contribution in [2.75, 3.05) is 26.1 Å². The number of nitrogens with zero attached hydrogens (tertiary/aromatic N) is 2. The maximum absolute atomic E-state index is 12.2. The van der Waals surface area contributed by atoms with Gasteiger partial charge in [0.2, 0.25) is 0 Å². The minimum Gasteiger partial charge on any atom is -0.490 e. The first kappa shape index (κ1) is 22.3. The third-order valence-corrected chi connectivity index (χ3v) is 5.84. The van der Waals surface area contributed by atoms with Gasteiger partial charge < -0.3 is 24.9 Å². The summed E-state index contributed by atoms with van der Waals surface area (Å²) in [7, 11) is 1.23. The van der Waals surface area contributed by atoms with E-state index in [-0.39, 0.29) is 47.2 Å². The fourth-order valence-corrected chi connectivity index (χ4v) is 3.48. The van der Waals surface area contributed by atoms with Gasteiger partial charge in [-0.15, -0.1) is 0 Å². The van der Waals surface area contributed by atoms with Gasteiger partial charge in [0.15, 0.2) is 18.1 Å². The average Bonchev–Trinajstić information content (AvgIpc) is 2.69. The van der Waals surface area contributed by atoms with Gasteiger partial charge in [-0.3, -0.25) is 4.79 Å². The van der Waals surface area contributed by atoms with Gasteiger partial charge in [-0.2, -0.15) is 10.5 Å². The van der Waals surface area contributed by atoms with Crippen molar-refractivity contribution >= 4 is 43.6 Å². The lowest BCUT2D eigenvalue weighted by atomic mass is 9.96. The summed E-state index contributed by atoms with van der Waals surface area (Å²) in [4.78, 5) is 25.9. The molecule has 0 atom stereocenters. The number of carbonyl (C=O) groups is 1. The van der Waals surface area contributed by atoms with Crippen molar-refractivity contribution in [2.45, 2.75) is 6.92 Å². The summed E-state index contributed by atoms with van der Waals surface area (Å²) in [5.74, 6) is -0.352. The number of halogens is 2. The molecule has 0 aliphatic heterocycles. The summed E-state index contributed by atoms with van der Waals surface area (Å²) in [6.07, 6.45) is 0. The van der Waals surface area contributed by atoms with E-state index in [4.69, 9.17) is 15.2 Å². The lowest BCUT2D eigenvalue weighted by molar-refractivity contribution is -0.142. The Balaban J connectivity index is 2.83. The first-order valence-electron chi connectivity index (χ1n) is 8.01. The predicted octanol–water partition coefficient (Wildman–Crippen LogP) is 2.84. The molecule has 3 N–H and O–H groups in total. The highest BCUT2D eigenvalue weighted by molar-refractivity contribution is 9.13. The second-order valence-corrected chi connectivity index (χ2v) is 6.98. The van der Waals surface area contributed by atoms with Crippen LogP contribution in [0.25, 0.3) is 11.1 Å². The highest BCUT2D eigenvalue weighted by Gasteiger charge is 2.25. The standard InChI is InChI=1S/C18H14Br2N4O5/c1-3-28-11-4-8(14(19)15(20)16(11)29-7-12(25)27-2)13-9(5-21)17(23)24-18(26)10(13)6-22/h4H,3,7H2,1-2H3,(H3,23,24,26). The number of pyridine rings is 1. The highest BCUT2D eigenvalue weighted by atomic mass is 79.9. The second kappa shape index (κ2) is 9.45. The number of nitrogens with two attached hydrogens (primary N) is 1. The number of esters is 1. The molecule has 0 aliphatic rings. The molecule has 0 amide bonds. The molecule has 0 bridgehead atoms. The Morgan fingerprint density at radius 3 is 2.41 bits per heavy atom. The Morgan fingerprint density at radius 1 is 1.21 bits per heavy atom. The van der Waals surface area contributed by atoms with Crippen molar-refractivity contribution in [3.63, 3.8) is 0 Å². The van der Waals surface area contributed by atoms with Crippen LogP contribution in [0.4, 0.5) is 5.82 Å². The number of ether oxygens (including phenoxy) is 3. The Kier molecular flexibility index (Phi) is 7.26. The Bertz CT molecular complexity index is 1120. The summed E-state index contributed by atoms with van der Waals surface area (Å²) in [6, 6.07) is 5.20. The molecule has 1 aromatic heterocycles. The fourth-order valence-electron chi connectivity index (χ4n) is 2.47. The van der Waals surface area contributed by atoms with Gasteiger partial charge in [-0.1, -0.05) is 0 Å². The van der Waals surface area contributed by atoms with Crippen LogP contribution in [-0.2, 0) is 9.53 Å². The second-order valence-electron chi connectivity index (χ2n) is 5.39. The number of benzene rings is 1. The van der Waals surface area contributed by atoms with Crippen LogP contribution in [0, 0.1) is 22.7 Å². The van der Waals surface area contributed by atoms with Crippen LogP contribution in [0.15, 0.2) is 19.8 Å². The number of nitrogen functional groups attached to an aromatic ring is 1. The molecular weight excluding hydrogens is 512 g/mol. The number of anilines is 1. The van der Waals surface area contributed by atoms with E-state index in [0.29, 0.717) is 14.5 Å². The Morgan fingerprint density at radius 2 is 1.86 bits per heavy atom. The summed E-state index contributed by atoms with van der Waals surface area (Å²) in [5.41, 5.74) is 5.05. The lowest BCUT2D eigenvalue weighted by Crippen LogP contribution is -2.17. The zero-order valence-electron chi connectivity index (χ0n) is 15.3. The number of nitrogens with one attached hydrogen (secondary N) is 1. The van der Waals surface area contributed by atoms with Gasteiger partial charge in [-0.25, -0.2) is 4.79 Å². The first-order valence-corrected chi connectivity index (χ1v) is 9.59. The highest BCUT2D eigenvalue weighted by Crippen LogP contribution is 2.47. The minimum atomic E-state index is -0.731. The van der Waals surface area contributed by atoms with Crippen LogP contribution in [0.5, 0.6) is 11.5 Å². The maximum atomic E-state index is 12.2. The van der Waals surface area contributed by atoms with Crippen LogP contribution < -0.4 is 20.8 Å². The zero-order chi connectivity index (χ0) is 21.7. The number of hydrogen-bond donors (Lipinski definition) is 2. The first-order chi connectivity index (χ1) is 13.8. The van der Waals surface area contributed by atoms with Crippen LogP contribution in [0.3, 0.4) is 0 Å². The number of H-pyrrole nitrogens is 1. The summed E-state index contributed by atoms with van der Waals surface area (Å²) in [5, 5.41) is 19.0. The quantitative estimate of drug-likeness (QED) is 0.546. The summed E-state index contributed by atoms with van der Waals surface area (Å²) < 4.78 is 16.4. The number of aromatic nitrogens is 1.